The van der Waals surface area contributed by atoms with E-state index < -0.39 is 15.9 Å². The second-order valence-electron chi connectivity index (χ2n) is 5.76. The number of sulfonamides is 1. The summed E-state index contributed by atoms with van der Waals surface area (Å²) in [6.45, 7) is 7.43. The fourth-order valence-corrected chi connectivity index (χ4v) is 3.33. The lowest BCUT2D eigenvalue weighted by molar-refractivity contribution is -0.114. The molecule has 0 saturated carbocycles. The van der Waals surface area contributed by atoms with Gasteiger partial charge in [-0.2, -0.15) is 5.10 Å². The van der Waals surface area contributed by atoms with E-state index in [1.807, 2.05) is 34.7 Å². The summed E-state index contributed by atoms with van der Waals surface area (Å²) < 4.78 is 28.3. The zero-order chi connectivity index (χ0) is 18.1. The van der Waals surface area contributed by atoms with Crippen molar-refractivity contribution < 1.29 is 13.2 Å². The average Bonchev–Trinajstić information content (AvgIpc) is 2.72. The number of aromatic nitrogens is 2. The Morgan fingerprint density at radius 3 is 2.38 bits per heavy atom. The average molecular weight is 347 g/mol. The highest BCUT2D eigenvalue weighted by molar-refractivity contribution is 7.90. The van der Waals surface area contributed by atoms with Crippen LogP contribution >= 0.6 is 0 Å². The van der Waals surface area contributed by atoms with Crippen LogP contribution in [0.25, 0.3) is 6.08 Å². The minimum Gasteiger partial charge on any atom is -0.272 e. The molecule has 0 atom stereocenters. The predicted molar refractivity (Wildman–Crippen MR) is 93.0 cm³/mol. The van der Waals surface area contributed by atoms with Gasteiger partial charge in [0.05, 0.1) is 10.6 Å². The van der Waals surface area contributed by atoms with E-state index in [4.69, 9.17) is 0 Å². The van der Waals surface area contributed by atoms with Crippen LogP contribution in [0.2, 0.25) is 0 Å². The first-order chi connectivity index (χ1) is 11.1. The normalized spacial score (nSPS) is 11.9. The number of hydrogen-bond donors (Lipinski definition) is 1. The summed E-state index contributed by atoms with van der Waals surface area (Å²) in [5.41, 5.74) is 4.31. The maximum atomic E-state index is 12.3. The Bertz CT molecular complexity index is 925. The van der Waals surface area contributed by atoms with E-state index in [2.05, 4.69) is 9.82 Å². The van der Waals surface area contributed by atoms with Crippen LogP contribution in [0.4, 0.5) is 0 Å². The fourth-order valence-electron chi connectivity index (χ4n) is 2.30. The molecule has 2 aromatic rings. The molecule has 0 spiro atoms. The number of hydrogen-bond acceptors (Lipinski definition) is 4. The molecule has 0 aliphatic rings. The van der Waals surface area contributed by atoms with E-state index in [9.17, 15) is 13.2 Å². The van der Waals surface area contributed by atoms with Crippen molar-refractivity contribution in [1.29, 1.82) is 0 Å². The third-order valence-electron chi connectivity index (χ3n) is 3.99. The molecule has 0 radical (unpaired) electrons. The van der Waals surface area contributed by atoms with Crippen molar-refractivity contribution in [3.8, 4) is 0 Å². The van der Waals surface area contributed by atoms with Crippen molar-refractivity contribution >= 4 is 22.0 Å². The summed E-state index contributed by atoms with van der Waals surface area (Å²) >= 11 is 0. The summed E-state index contributed by atoms with van der Waals surface area (Å²) in [6.07, 6.45) is 2.78. The van der Waals surface area contributed by atoms with Gasteiger partial charge < -0.3 is 0 Å². The zero-order valence-corrected chi connectivity index (χ0v) is 15.2. The van der Waals surface area contributed by atoms with E-state index in [0.717, 1.165) is 28.1 Å². The highest BCUT2D eigenvalue weighted by Crippen LogP contribution is 2.15. The number of amides is 1. The Morgan fingerprint density at radius 2 is 1.83 bits per heavy atom. The number of rotatable bonds is 4. The van der Waals surface area contributed by atoms with Gasteiger partial charge in [-0.05, 0) is 57.0 Å². The zero-order valence-electron chi connectivity index (χ0n) is 14.4. The summed E-state index contributed by atoms with van der Waals surface area (Å²) in [4.78, 5) is 12.1. The van der Waals surface area contributed by atoms with Gasteiger partial charge in [-0.25, -0.2) is 13.1 Å². The van der Waals surface area contributed by atoms with Gasteiger partial charge in [0, 0.05) is 24.4 Å². The van der Waals surface area contributed by atoms with Crippen LogP contribution in [0.3, 0.4) is 0 Å². The van der Waals surface area contributed by atoms with Gasteiger partial charge in [-0.15, -0.1) is 0 Å². The van der Waals surface area contributed by atoms with E-state index in [0.29, 0.717) is 0 Å². The van der Waals surface area contributed by atoms with E-state index in [1.165, 1.54) is 12.1 Å². The molecule has 1 aromatic carbocycles. The van der Waals surface area contributed by atoms with Crippen molar-refractivity contribution in [2.45, 2.75) is 32.6 Å². The Morgan fingerprint density at radius 1 is 1.17 bits per heavy atom. The molecule has 0 saturated heterocycles. The van der Waals surface area contributed by atoms with Gasteiger partial charge in [-0.1, -0.05) is 6.07 Å². The third kappa shape index (κ3) is 3.73. The minimum atomic E-state index is -3.89. The van der Waals surface area contributed by atoms with Gasteiger partial charge in [-0.3, -0.25) is 9.48 Å². The summed E-state index contributed by atoms with van der Waals surface area (Å²) in [7, 11) is -2.08. The van der Waals surface area contributed by atoms with Crippen LogP contribution in [0, 0.1) is 27.7 Å². The molecule has 24 heavy (non-hydrogen) atoms. The predicted octanol–water partition coefficient (Wildman–Crippen LogP) is 2.17. The molecule has 6 nitrogen and oxygen atoms in total. The number of carbonyl (C=O) groups excluding carboxylic acids is 1. The maximum Gasteiger partial charge on any atom is 0.264 e. The van der Waals surface area contributed by atoms with Crippen LogP contribution < -0.4 is 4.72 Å². The number of nitrogens with zero attached hydrogens (tertiary/aromatic N) is 2. The molecule has 0 aliphatic heterocycles. The van der Waals surface area contributed by atoms with Crippen molar-refractivity contribution in [3.05, 3.63) is 52.4 Å². The number of nitrogens with one attached hydrogen (secondary N) is 1. The van der Waals surface area contributed by atoms with Gasteiger partial charge in [0.15, 0.2) is 0 Å². The Labute approximate surface area is 142 Å². The maximum absolute atomic E-state index is 12.3. The number of carbonyl (C=O) groups is 1. The van der Waals surface area contributed by atoms with E-state index in [1.54, 1.807) is 22.9 Å². The van der Waals surface area contributed by atoms with Crippen LogP contribution in [0.15, 0.2) is 29.2 Å². The molecular weight excluding hydrogens is 326 g/mol. The smallest absolute Gasteiger partial charge is 0.264 e. The number of benzene rings is 1. The van der Waals surface area contributed by atoms with Gasteiger partial charge in [0.25, 0.3) is 15.9 Å². The first-order valence-electron chi connectivity index (χ1n) is 7.44. The van der Waals surface area contributed by atoms with Crippen LogP contribution in [-0.4, -0.2) is 24.1 Å². The van der Waals surface area contributed by atoms with Crippen LogP contribution in [0.5, 0.6) is 0 Å². The van der Waals surface area contributed by atoms with Gasteiger partial charge >= 0.3 is 0 Å². The lowest BCUT2D eigenvalue weighted by Crippen LogP contribution is -2.29. The van der Waals surface area contributed by atoms with Gasteiger partial charge in [0.1, 0.15) is 0 Å². The SMILES string of the molecule is Cc1ccc(S(=O)(=O)NC(=O)/C=C/c2c(C)nn(C)c2C)cc1C. The highest BCUT2D eigenvalue weighted by atomic mass is 32.2. The fraction of sp³-hybridized carbons (Fsp3) is 0.294. The summed E-state index contributed by atoms with van der Waals surface area (Å²) in [5, 5.41) is 4.24. The molecule has 1 heterocycles. The van der Waals surface area contributed by atoms with Crippen LogP contribution in [0.1, 0.15) is 28.1 Å². The summed E-state index contributed by atoms with van der Waals surface area (Å²) in [6, 6.07) is 4.74. The van der Waals surface area contributed by atoms with Crippen LogP contribution in [-0.2, 0) is 21.9 Å². The van der Waals surface area contributed by atoms with E-state index in [-0.39, 0.29) is 4.90 Å². The molecule has 2 rings (SSSR count). The molecule has 1 aromatic heterocycles. The first-order valence-corrected chi connectivity index (χ1v) is 8.92. The first kappa shape index (κ1) is 17.9. The summed E-state index contributed by atoms with van der Waals surface area (Å²) in [5.74, 6) is -0.698. The molecule has 1 amide bonds. The second kappa shape index (κ2) is 6.60. The minimum absolute atomic E-state index is 0.0705. The van der Waals surface area contributed by atoms with Crippen molar-refractivity contribution in [1.82, 2.24) is 14.5 Å². The van der Waals surface area contributed by atoms with Crippen molar-refractivity contribution in [2.75, 3.05) is 0 Å². The molecule has 7 heteroatoms. The molecule has 1 N–H and O–H groups in total. The molecule has 0 bridgehead atoms. The van der Waals surface area contributed by atoms with Crippen molar-refractivity contribution in [3.63, 3.8) is 0 Å². The largest absolute Gasteiger partial charge is 0.272 e. The Balaban J connectivity index is 2.19. The quantitative estimate of drug-likeness (QED) is 0.860. The molecule has 0 aliphatic carbocycles. The molecule has 0 fully saturated rings. The highest BCUT2D eigenvalue weighted by Gasteiger charge is 2.17. The third-order valence-corrected chi connectivity index (χ3v) is 5.33. The Hall–Kier alpha value is -2.41. The molecule has 128 valence electrons. The van der Waals surface area contributed by atoms with Gasteiger partial charge in [0.2, 0.25) is 0 Å². The second-order valence-corrected chi connectivity index (χ2v) is 7.44. The standard InChI is InChI=1S/C17H21N3O3S/c1-11-6-7-15(10-12(11)2)24(22,23)19-17(21)9-8-16-13(3)18-20(5)14(16)4/h6-10H,1-5H3,(H,19,21)/b9-8+. The lowest BCUT2D eigenvalue weighted by atomic mass is 10.1. The Kier molecular flexibility index (Phi) is 4.94. The topological polar surface area (TPSA) is 81.1 Å². The molecular formula is C17H21N3O3S. The lowest BCUT2D eigenvalue weighted by Gasteiger charge is -2.07. The number of aryl methyl sites for hydroxylation is 4. The van der Waals surface area contributed by atoms with E-state index >= 15 is 0 Å². The monoisotopic (exact) mass is 347 g/mol. The molecule has 0 unspecified atom stereocenters. The van der Waals surface area contributed by atoms with Crippen molar-refractivity contribution in [2.24, 2.45) is 7.05 Å².